The van der Waals surface area contributed by atoms with Gasteiger partial charge in [0.25, 0.3) is 10.0 Å². The number of hydrogen-bond acceptors (Lipinski definition) is 4. The van der Waals surface area contributed by atoms with E-state index in [4.69, 9.17) is 34.8 Å². The van der Waals surface area contributed by atoms with Crippen molar-refractivity contribution in [1.29, 1.82) is 0 Å². The molecule has 7 nitrogen and oxygen atoms in total. The maximum atomic E-state index is 14.5. The van der Waals surface area contributed by atoms with Crippen LogP contribution < -0.4 is 9.62 Å². The number of carbonyl (C=O) groups excluding carboxylic acids is 2. The van der Waals surface area contributed by atoms with Gasteiger partial charge < -0.3 is 10.2 Å². The molecule has 0 aliphatic rings. The molecule has 1 N–H and O–H groups in total. The average Bonchev–Trinajstić information content (AvgIpc) is 3.03. The third kappa shape index (κ3) is 8.58. The first-order valence-corrected chi connectivity index (χ1v) is 17.0. The predicted molar refractivity (Wildman–Crippen MR) is 181 cm³/mol. The lowest BCUT2D eigenvalue weighted by Crippen LogP contribution is -2.54. The van der Waals surface area contributed by atoms with E-state index >= 15 is 0 Å². The Morgan fingerprint density at radius 2 is 1.33 bits per heavy atom. The summed E-state index contributed by atoms with van der Waals surface area (Å²) in [5.74, 6) is -1.04. The van der Waals surface area contributed by atoms with Crippen molar-refractivity contribution in [2.24, 2.45) is 0 Å². The second kappa shape index (κ2) is 15.6. The van der Waals surface area contributed by atoms with Crippen molar-refractivity contribution in [2.75, 3.05) is 10.8 Å². The van der Waals surface area contributed by atoms with Gasteiger partial charge in [0.2, 0.25) is 11.8 Å². The number of amides is 2. The first-order chi connectivity index (χ1) is 21.5. The summed E-state index contributed by atoms with van der Waals surface area (Å²) in [5.41, 5.74) is 1.36. The van der Waals surface area contributed by atoms with Crippen LogP contribution >= 0.6 is 34.8 Å². The first-order valence-electron chi connectivity index (χ1n) is 14.4. The molecule has 2 atom stereocenters. The maximum Gasteiger partial charge on any atom is 0.264 e. The number of hydrogen-bond donors (Lipinski definition) is 1. The lowest BCUT2D eigenvalue weighted by Gasteiger charge is -2.34. The zero-order chi connectivity index (χ0) is 32.6. The lowest BCUT2D eigenvalue weighted by molar-refractivity contribution is -0.140. The third-order valence-electron chi connectivity index (χ3n) is 7.39. The van der Waals surface area contributed by atoms with E-state index in [-0.39, 0.29) is 40.5 Å². The number of carbonyl (C=O) groups is 2. The quantitative estimate of drug-likeness (QED) is 0.159. The Hall–Kier alpha value is -3.56. The molecule has 0 aromatic heterocycles. The molecule has 0 aliphatic carbocycles. The number of benzene rings is 4. The Bertz CT molecular complexity index is 1700. The van der Waals surface area contributed by atoms with Gasteiger partial charge in [-0.3, -0.25) is 13.9 Å². The second-order valence-corrected chi connectivity index (χ2v) is 13.6. The number of nitrogens with zero attached hydrogens (tertiary/aromatic N) is 2. The summed E-state index contributed by atoms with van der Waals surface area (Å²) in [4.78, 5) is 29.8. The molecule has 0 unspecified atom stereocenters. The van der Waals surface area contributed by atoms with E-state index in [2.05, 4.69) is 5.32 Å². The summed E-state index contributed by atoms with van der Waals surface area (Å²) in [6, 6.07) is 27.2. The van der Waals surface area contributed by atoms with Crippen molar-refractivity contribution < 1.29 is 18.0 Å². The fourth-order valence-electron chi connectivity index (χ4n) is 4.74. The van der Waals surface area contributed by atoms with Gasteiger partial charge in [-0.2, -0.15) is 0 Å². The minimum atomic E-state index is -4.27. The van der Waals surface area contributed by atoms with Crippen LogP contribution in [0.25, 0.3) is 0 Å². The molecule has 11 heteroatoms. The van der Waals surface area contributed by atoms with Crippen LogP contribution in [0.15, 0.2) is 108 Å². The van der Waals surface area contributed by atoms with E-state index in [1.165, 1.54) is 23.1 Å². The van der Waals surface area contributed by atoms with Crippen LogP contribution in [0.1, 0.15) is 31.4 Å². The van der Waals surface area contributed by atoms with Crippen molar-refractivity contribution in [2.45, 2.75) is 50.2 Å². The van der Waals surface area contributed by atoms with Crippen LogP contribution in [0.2, 0.25) is 15.1 Å². The molecule has 2 amide bonds. The van der Waals surface area contributed by atoms with Crippen LogP contribution in [0.5, 0.6) is 0 Å². The standard InChI is InChI=1S/C34H34Cl3N3O4S/c1-3-24(2)38-34(42)32(21-25-13-6-4-7-14-25)39(22-27-28(35)18-12-19-29(27)36)33(41)23-40(31-20-11-10-17-30(31)37)45(43,44)26-15-8-5-9-16-26/h4-20,24,32H,3,21-23H2,1-2H3,(H,38,42)/t24-,32+/m0/s1. The number of nitrogens with one attached hydrogen (secondary N) is 1. The summed E-state index contributed by atoms with van der Waals surface area (Å²) in [6.07, 6.45) is 0.831. The van der Waals surface area contributed by atoms with Crippen LogP contribution in [-0.4, -0.2) is 43.8 Å². The zero-order valence-electron chi connectivity index (χ0n) is 24.9. The fourth-order valence-corrected chi connectivity index (χ4v) is 6.99. The minimum absolute atomic E-state index is 0.0197. The molecule has 0 spiro atoms. The van der Waals surface area contributed by atoms with Crippen molar-refractivity contribution in [3.05, 3.63) is 129 Å². The number of para-hydroxylation sites is 1. The fraction of sp³-hybridized carbons (Fsp3) is 0.235. The second-order valence-electron chi connectivity index (χ2n) is 10.5. The molecular formula is C34H34Cl3N3O4S. The monoisotopic (exact) mass is 685 g/mol. The van der Waals surface area contributed by atoms with Gasteiger partial charge in [0.1, 0.15) is 12.6 Å². The van der Waals surface area contributed by atoms with Gasteiger partial charge in [0.05, 0.1) is 15.6 Å². The van der Waals surface area contributed by atoms with Gasteiger partial charge in [-0.15, -0.1) is 0 Å². The van der Waals surface area contributed by atoms with Crippen molar-refractivity contribution >= 4 is 62.3 Å². The number of sulfonamides is 1. The summed E-state index contributed by atoms with van der Waals surface area (Å²) in [6.45, 7) is 3.02. The normalized spacial score (nSPS) is 12.6. The maximum absolute atomic E-state index is 14.5. The van der Waals surface area contributed by atoms with Gasteiger partial charge in [-0.25, -0.2) is 8.42 Å². The van der Waals surface area contributed by atoms with E-state index < -0.39 is 28.5 Å². The van der Waals surface area contributed by atoms with Gasteiger partial charge in [-0.05, 0) is 55.3 Å². The molecule has 0 radical (unpaired) electrons. The Labute approximate surface area is 279 Å². The van der Waals surface area contributed by atoms with Crippen molar-refractivity contribution in [3.63, 3.8) is 0 Å². The molecule has 4 rings (SSSR count). The number of anilines is 1. The molecule has 0 saturated heterocycles. The molecule has 0 aliphatic heterocycles. The largest absolute Gasteiger partial charge is 0.352 e. The van der Waals surface area contributed by atoms with E-state index in [0.29, 0.717) is 22.0 Å². The molecule has 0 fully saturated rings. The SMILES string of the molecule is CC[C@H](C)NC(=O)[C@@H](Cc1ccccc1)N(Cc1c(Cl)cccc1Cl)C(=O)CN(c1ccccc1Cl)S(=O)(=O)c1ccccc1. The van der Waals surface area contributed by atoms with Crippen LogP contribution in [0.3, 0.4) is 0 Å². The van der Waals surface area contributed by atoms with Crippen molar-refractivity contribution in [3.8, 4) is 0 Å². The van der Waals surface area contributed by atoms with Gasteiger partial charge in [0, 0.05) is 34.6 Å². The highest BCUT2D eigenvalue weighted by Gasteiger charge is 2.36. The molecule has 0 saturated carbocycles. The summed E-state index contributed by atoms with van der Waals surface area (Å²) < 4.78 is 29.1. The highest BCUT2D eigenvalue weighted by atomic mass is 35.5. The molecule has 0 bridgehead atoms. The van der Waals surface area contributed by atoms with Crippen LogP contribution in [-0.2, 0) is 32.6 Å². The minimum Gasteiger partial charge on any atom is -0.352 e. The highest BCUT2D eigenvalue weighted by Crippen LogP contribution is 2.32. The topological polar surface area (TPSA) is 86.8 Å². The zero-order valence-corrected chi connectivity index (χ0v) is 28.0. The Morgan fingerprint density at radius 1 is 0.778 bits per heavy atom. The van der Waals surface area contributed by atoms with Crippen LogP contribution in [0, 0.1) is 0 Å². The molecule has 4 aromatic rings. The lowest BCUT2D eigenvalue weighted by atomic mass is 10.0. The number of halogens is 3. The first kappa shape index (κ1) is 34.3. The summed E-state index contributed by atoms with van der Waals surface area (Å²) in [5, 5.41) is 3.75. The summed E-state index contributed by atoms with van der Waals surface area (Å²) in [7, 11) is -4.27. The van der Waals surface area contributed by atoms with Crippen molar-refractivity contribution in [1.82, 2.24) is 10.2 Å². The molecule has 0 heterocycles. The molecule has 4 aromatic carbocycles. The summed E-state index contributed by atoms with van der Waals surface area (Å²) >= 11 is 19.6. The average molecular weight is 687 g/mol. The smallest absolute Gasteiger partial charge is 0.264 e. The predicted octanol–water partition coefficient (Wildman–Crippen LogP) is 7.40. The van der Waals surface area contributed by atoms with Gasteiger partial charge in [-0.1, -0.05) is 108 Å². The van der Waals surface area contributed by atoms with Gasteiger partial charge >= 0.3 is 0 Å². The Kier molecular flexibility index (Phi) is 11.9. The van der Waals surface area contributed by atoms with E-state index in [1.807, 2.05) is 44.2 Å². The van der Waals surface area contributed by atoms with Gasteiger partial charge in [0.15, 0.2) is 0 Å². The third-order valence-corrected chi connectivity index (χ3v) is 10.2. The van der Waals surface area contributed by atoms with E-state index in [0.717, 1.165) is 9.87 Å². The number of rotatable bonds is 13. The molecule has 236 valence electrons. The highest BCUT2D eigenvalue weighted by molar-refractivity contribution is 7.92. The molecular weight excluding hydrogens is 653 g/mol. The van der Waals surface area contributed by atoms with E-state index in [1.54, 1.807) is 54.6 Å². The Morgan fingerprint density at radius 3 is 1.93 bits per heavy atom. The van der Waals surface area contributed by atoms with E-state index in [9.17, 15) is 18.0 Å². The Balaban J connectivity index is 1.85. The van der Waals surface area contributed by atoms with Crippen LogP contribution in [0.4, 0.5) is 5.69 Å². The molecule has 45 heavy (non-hydrogen) atoms.